The summed E-state index contributed by atoms with van der Waals surface area (Å²) in [7, 11) is 0. The molecule has 0 aliphatic rings. The molecule has 4 aromatic rings. The van der Waals surface area contributed by atoms with Crippen LogP contribution in [-0.4, -0.2) is 20.6 Å². The lowest BCUT2D eigenvalue weighted by Crippen LogP contribution is -2.34. The molecule has 1 aromatic heterocycles. The Kier molecular flexibility index (Phi) is 5.66. The molecule has 3 aromatic carbocycles. The van der Waals surface area contributed by atoms with Crippen LogP contribution in [0.4, 0.5) is 5.69 Å². The molecule has 0 spiro atoms. The average Bonchev–Trinajstić information content (AvgIpc) is 2.76. The molecule has 0 aliphatic carbocycles. The maximum Gasteiger partial charge on any atom is 0.333 e. The van der Waals surface area contributed by atoms with Crippen LogP contribution in [0.5, 0.6) is 0 Å². The summed E-state index contributed by atoms with van der Waals surface area (Å²) in [5, 5.41) is 6.57. The van der Waals surface area contributed by atoms with E-state index in [1.807, 2.05) is 0 Å². The lowest BCUT2D eigenvalue weighted by Gasteiger charge is -2.10. The maximum absolute atomic E-state index is 12.7. The predicted molar refractivity (Wildman–Crippen MR) is 125 cm³/mol. The van der Waals surface area contributed by atoms with Crippen molar-refractivity contribution in [3.8, 4) is 5.69 Å². The third-order valence-corrected chi connectivity index (χ3v) is 4.98. The summed E-state index contributed by atoms with van der Waals surface area (Å²) in [6.45, 7) is 0. The second kappa shape index (κ2) is 8.55. The van der Waals surface area contributed by atoms with E-state index in [1.165, 1.54) is 24.3 Å². The van der Waals surface area contributed by atoms with E-state index in [0.29, 0.717) is 32.9 Å². The van der Waals surface area contributed by atoms with Crippen molar-refractivity contribution in [3.63, 3.8) is 0 Å². The van der Waals surface area contributed by atoms with Crippen molar-refractivity contribution in [2.24, 2.45) is 0 Å². The fourth-order valence-electron chi connectivity index (χ4n) is 3.03. The first-order chi connectivity index (χ1) is 14.9. The summed E-state index contributed by atoms with van der Waals surface area (Å²) in [5.74, 6) is -0.433. The SMILES string of the molecule is O=C(NC(=S)Nc1ccc(Cl)cc1)c1ccc(-n2c(=O)[nH]c3ccccc3c2=O)cc1. The number of nitrogens with zero attached hydrogens (tertiary/aromatic N) is 1. The number of halogens is 1. The van der Waals surface area contributed by atoms with Gasteiger partial charge < -0.3 is 10.3 Å². The third kappa shape index (κ3) is 4.40. The second-order valence-corrected chi connectivity index (χ2v) is 7.42. The summed E-state index contributed by atoms with van der Waals surface area (Å²) in [6.07, 6.45) is 0. The molecule has 31 heavy (non-hydrogen) atoms. The zero-order chi connectivity index (χ0) is 22.0. The number of hydrogen-bond acceptors (Lipinski definition) is 4. The topological polar surface area (TPSA) is 96.0 Å². The quantitative estimate of drug-likeness (QED) is 0.415. The first kappa shape index (κ1) is 20.5. The van der Waals surface area contributed by atoms with Gasteiger partial charge in [0.1, 0.15) is 0 Å². The molecule has 154 valence electrons. The zero-order valence-corrected chi connectivity index (χ0v) is 17.5. The first-order valence-corrected chi connectivity index (χ1v) is 9.93. The molecule has 1 amide bonds. The van der Waals surface area contributed by atoms with Gasteiger partial charge in [0.2, 0.25) is 0 Å². The van der Waals surface area contributed by atoms with E-state index < -0.39 is 17.2 Å². The van der Waals surface area contributed by atoms with Crippen molar-refractivity contribution in [3.05, 3.63) is 104 Å². The number of hydrogen-bond donors (Lipinski definition) is 3. The number of carbonyl (C=O) groups is 1. The number of aromatic amines is 1. The Labute approximate surface area is 186 Å². The Balaban J connectivity index is 1.53. The summed E-state index contributed by atoms with van der Waals surface area (Å²) in [4.78, 5) is 40.3. The van der Waals surface area contributed by atoms with Crippen LogP contribution in [0.25, 0.3) is 16.6 Å². The number of benzene rings is 3. The van der Waals surface area contributed by atoms with Crippen molar-refractivity contribution >= 4 is 51.4 Å². The number of H-pyrrole nitrogens is 1. The van der Waals surface area contributed by atoms with Crippen molar-refractivity contribution in [1.82, 2.24) is 14.9 Å². The Morgan fingerprint density at radius 2 is 1.61 bits per heavy atom. The van der Waals surface area contributed by atoms with Gasteiger partial charge in [-0.1, -0.05) is 23.7 Å². The van der Waals surface area contributed by atoms with Crippen LogP contribution in [0.3, 0.4) is 0 Å². The number of carbonyl (C=O) groups excluding carboxylic acids is 1. The largest absolute Gasteiger partial charge is 0.333 e. The van der Waals surface area contributed by atoms with Gasteiger partial charge in [-0.05, 0) is 72.9 Å². The Morgan fingerprint density at radius 1 is 0.935 bits per heavy atom. The van der Waals surface area contributed by atoms with Crippen LogP contribution >= 0.6 is 23.8 Å². The van der Waals surface area contributed by atoms with Gasteiger partial charge in [-0.2, -0.15) is 0 Å². The fourth-order valence-corrected chi connectivity index (χ4v) is 3.37. The van der Waals surface area contributed by atoms with E-state index >= 15 is 0 Å². The summed E-state index contributed by atoms with van der Waals surface area (Å²) < 4.78 is 1.02. The molecule has 0 bridgehead atoms. The molecule has 0 saturated heterocycles. The summed E-state index contributed by atoms with van der Waals surface area (Å²) in [5.41, 5.74) is 0.801. The van der Waals surface area contributed by atoms with Gasteiger partial charge in [-0.15, -0.1) is 0 Å². The molecule has 9 heteroatoms. The molecule has 3 N–H and O–H groups in total. The number of rotatable bonds is 3. The van der Waals surface area contributed by atoms with E-state index in [1.54, 1.807) is 48.5 Å². The normalized spacial score (nSPS) is 10.6. The van der Waals surface area contributed by atoms with Crippen LogP contribution in [0, 0.1) is 0 Å². The Bertz CT molecular complexity index is 1410. The minimum Gasteiger partial charge on any atom is -0.332 e. The lowest BCUT2D eigenvalue weighted by atomic mass is 10.2. The van der Waals surface area contributed by atoms with E-state index in [0.717, 1.165) is 4.57 Å². The second-order valence-electron chi connectivity index (χ2n) is 6.58. The van der Waals surface area contributed by atoms with Crippen LogP contribution in [0.1, 0.15) is 10.4 Å². The first-order valence-electron chi connectivity index (χ1n) is 9.15. The Hall–Kier alpha value is -3.75. The molecule has 0 atom stereocenters. The highest BCUT2D eigenvalue weighted by Gasteiger charge is 2.12. The van der Waals surface area contributed by atoms with E-state index in [4.69, 9.17) is 23.8 Å². The maximum atomic E-state index is 12.7. The smallest absolute Gasteiger partial charge is 0.332 e. The highest BCUT2D eigenvalue weighted by molar-refractivity contribution is 7.80. The molecular formula is C22H15ClN4O3S. The number of aromatic nitrogens is 2. The van der Waals surface area contributed by atoms with E-state index in [-0.39, 0.29) is 5.11 Å². The van der Waals surface area contributed by atoms with Crippen LogP contribution in [0.15, 0.2) is 82.4 Å². The van der Waals surface area contributed by atoms with Gasteiger partial charge >= 0.3 is 5.69 Å². The molecule has 0 aliphatic heterocycles. The zero-order valence-electron chi connectivity index (χ0n) is 15.9. The molecule has 0 fully saturated rings. The minimum absolute atomic E-state index is 0.124. The number of anilines is 1. The highest BCUT2D eigenvalue weighted by atomic mass is 35.5. The number of fused-ring (bicyclic) bond motifs is 1. The standard InChI is InChI=1S/C22H15ClN4O3S/c23-14-7-9-15(10-8-14)24-21(31)26-19(28)13-5-11-16(12-6-13)27-20(29)17-3-1-2-4-18(17)25-22(27)30/h1-12H,(H,25,30)(H2,24,26,28,31). The molecule has 0 saturated carbocycles. The predicted octanol–water partition coefficient (Wildman–Crippen LogP) is 3.46. The van der Waals surface area contributed by atoms with Gasteiger partial charge in [0.05, 0.1) is 16.6 Å². The number of para-hydroxylation sites is 1. The molecule has 7 nitrogen and oxygen atoms in total. The molecule has 0 radical (unpaired) electrons. The number of nitrogens with one attached hydrogen (secondary N) is 3. The monoisotopic (exact) mass is 450 g/mol. The van der Waals surface area contributed by atoms with Gasteiger partial charge in [0.15, 0.2) is 5.11 Å². The van der Waals surface area contributed by atoms with Crippen molar-refractivity contribution < 1.29 is 4.79 Å². The van der Waals surface area contributed by atoms with E-state index in [2.05, 4.69) is 15.6 Å². The highest BCUT2D eigenvalue weighted by Crippen LogP contribution is 2.13. The van der Waals surface area contributed by atoms with Crippen LogP contribution in [0.2, 0.25) is 5.02 Å². The molecule has 0 unspecified atom stereocenters. The van der Waals surface area contributed by atoms with Crippen molar-refractivity contribution in [2.75, 3.05) is 5.32 Å². The van der Waals surface area contributed by atoms with Crippen molar-refractivity contribution in [1.29, 1.82) is 0 Å². The average molecular weight is 451 g/mol. The van der Waals surface area contributed by atoms with Crippen LogP contribution < -0.4 is 21.9 Å². The Morgan fingerprint density at radius 3 is 2.32 bits per heavy atom. The number of amides is 1. The molecule has 4 rings (SSSR count). The van der Waals surface area contributed by atoms with E-state index in [9.17, 15) is 14.4 Å². The number of thiocarbonyl (C=S) groups is 1. The molecule has 1 heterocycles. The van der Waals surface area contributed by atoms with Crippen LogP contribution in [-0.2, 0) is 0 Å². The van der Waals surface area contributed by atoms with Gasteiger partial charge in [-0.3, -0.25) is 14.9 Å². The van der Waals surface area contributed by atoms with Gasteiger partial charge in [0, 0.05) is 16.3 Å². The molecular weight excluding hydrogens is 436 g/mol. The fraction of sp³-hybridized carbons (Fsp3) is 0. The van der Waals surface area contributed by atoms with Gasteiger partial charge in [0.25, 0.3) is 11.5 Å². The van der Waals surface area contributed by atoms with Crippen molar-refractivity contribution in [2.45, 2.75) is 0 Å². The summed E-state index contributed by atoms with van der Waals surface area (Å²) in [6, 6.07) is 19.7. The minimum atomic E-state index is -0.561. The third-order valence-electron chi connectivity index (χ3n) is 4.52. The van der Waals surface area contributed by atoms with Gasteiger partial charge in [-0.25, -0.2) is 9.36 Å². The lowest BCUT2D eigenvalue weighted by molar-refractivity contribution is 0.0977. The summed E-state index contributed by atoms with van der Waals surface area (Å²) >= 11 is 11.0.